The molecule has 0 spiro atoms. The minimum absolute atomic E-state index is 0.0298. The molecule has 2 radical (unpaired) electrons. The summed E-state index contributed by atoms with van der Waals surface area (Å²) in [5, 5.41) is 3.19. The average Bonchev–Trinajstić information content (AvgIpc) is 2.69. The molecule has 0 aliphatic carbocycles. The first-order valence-corrected chi connectivity index (χ1v) is 10.8. The Morgan fingerprint density at radius 1 is 1.36 bits per heavy atom. The van der Waals surface area contributed by atoms with E-state index in [4.69, 9.17) is 33.9 Å². The molecule has 22 heavy (non-hydrogen) atoms. The van der Waals surface area contributed by atoms with E-state index in [2.05, 4.69) is 5.09 Å². The second kappa shape index (κ2) is 9.12. The van der Waals surface area contributed by atoms with Crippen LogP contribution in [0, 0.1) is 0 Å². The van der Waals surface area contributed by atoms with E-state index in [1.165, 1.54) is 0 Å². The smallest absolute Gasteiger partial charge is 0.129 e. The van der Waals surface area contributed by atoms with E-state index in [0.29, 0.717) is 13.2 Å². The average molecular weight is 349 g/mol. The Morgan fingerprint density at radius 3 is 2.50 bits per heavy atom. The zero-order valence-electron chi connectivity index (χ0n) is 14.2. The fraction of sp³-hybridized carbons (Fsp3) is 1.00. The second-order valence-electron chi connectivity index (χ2n) is 6.23. The summed E-state index contributed by atoms with van der Waals surface area (Å²) in [5.74, 6) is 0. The van der Waals surface area contributed by atoms with Crippen molar-refractivity contribution in [3.05, 3.63) is 0 Å². The van der Waals surface area contributed by atoms with Gasteiger partial charge in [0.15, 0.2) is 0 Å². The molecule has 0 bridgehead atoms. The van der Waals surface area contributed by atoms with Gasteiger partial charge < -0.3 is 19.1 Å². The SMILES string of the molecule is [B][C@@H]1O[C@H](COC(C)C)[C@H](NP(O)(=S)C(C)C)C1OCCC. The van der Waals surface area contributed by atoms with Gasteiger partial charge in [0.1, 0.15) is 14.3 Å². The first kappa shape index (κ1) is 20.6. The Balaban J connectivity index is 2.84. The number of hydrogen-bond acceptors (Lipinski definition) is 4. The van der Waals surface area contributed by atoms with E-state index in [1.54, 1.807) is 0 Å². The van der Waals surface area contributed by atoms with E-state index < -0.39 is 12.4 Å². The standard InChI is InChI=1S/C14H29BNO4PS/c1-6-7-18-13-12(16-21(17,22)10(4)5)11(20-14(13)15)8-19-9(2)3/h9-14H,6-8H2,1-5H3,(H2,16,17,22)/t11-,12+,13?,14-,21?/m1/s1. The van der Waals surface area contributed by atoms with E-state index in [9.17, 15) is 4.89 Å². The molecule has 0 aromatic carbocycles. The summed E-state index contributed by atoms with van der Waals surface area (Å²) in [4.78, 5) is 10.5. The maximum Gasteiger partial charge on any atom is 0.129 e. The van der Waals surface area contributed by atoms with Crippen LogP contribution in [-0.4, -0.2) is 62.0 Å². The van der Waals surface area contributed by atoms with Gasteiger partial charge in [-0.2, -0.15) is 0 Å². The summed E-state index contributed by atoms with van der Waals surface area (Å²) < 4.78 is 17.3. The van der Waals surface area contributed by atoms with E-state index in [0.717, 1.165) is 6.42 Å². The van der Waals surface area contributed by atoms with Crippen LogP contribution in [0.2, 0.25) is 0 Å². The van der Waals surface area contributed by atoms with Gasteiger partial charge in [0.05, 0.1) is 31.0 Å². The van der Waals surface area contributed by atoms with Gasteiger partial charge in [-0.05, 0) is 20.3 Å². The lowest BCUT2D eigenvalue weighted by Crippen LogP contribution is -2.47. The van der Waals surface area contributed by atoms with Crippen LogP contribution in [0.15, 0.2) is 0 Å². The Morgan fingerprint density at radius 2 is 2.00 bits per heavy atom. The lowest BCUT2D eigenvalue weighted by Gasteiger charge is -2.31. The zero-order chi connectivity index (χ0) is 16.9. The fourth-order valence-corrected chi connectivity index (χ4v) is 3.59. The van der Waals surface area contributed by atoms with Gasteiger partial charge >= 0.3 is 0 Å². The highest BCUT2D eigenvalue weighted by molar-refractivity contribution is 8.11. The molecule has 1 aliphatic heterocycles. The third-order valence-corrected chi connectivity index (χ3v) is 7.20. The van der Waals surface area contributed by atoms with Gasteiger partial charge in [-0.25, -0.2) is 0 Å². The highest BCUT2D eigenvalue weighted by Gasteiger charge is 2.44. The molecule has 1 fully saturated rings. The predicted molar refractivity (Wildman–Crippen MR) is 94.1 cm³/mol. The quantitative estimate of drug-likeness (QED) is 0.489. The second-order valence-corrected chi connectivity index (χ2v) is 10.4. The maximum atomic E-state index is 10.5. The Bertz CT molecular complexity index is 386. The van der Waals surface area contributed by atoms with Crippen molar-refractivity contribution in [3.8, 4) is 0 Å². The van der Waals surface area contributed by atoms with Crippen LogP contribution in [0.3, 0.4) is 0 Å². The highest BCUT2D eigenvalue weighted by Crippen LogP contribution is 2.44. The minimum atomic E-state index is -2.68. The molecule has 0 aromatic heterocycles. The predicted octanol–water partition coefficient (Wildman–Crippen LogP) is 1.77. The van der Waals surface area contributed by atoms with Gasteiger partial charge in [0.25, 0.3) is 0 Å². The monoisotopic (exact) mass is 349 g/mol. The topological polar surface area (TPSA) is 60.0 Å². The van der Waals surface area contributed by atoms with Gasteiger partial charge in [-0.1, -0.05) is 32.6 Å². The Kier molecular flexibility index (Phi) is 8.52. The molecule has 8 heteroatoms. The Hall–Kier alpha value is 0.515. The molecular weight excluding hydrogens is 320 g/mol. The number of ether oxygens (including phenoxy) is 3. The van der Waals surface area contributed by atoms with Crippen molar-refractivity contribution in [2.24, 2.45) is 0 Å². The van der Waals surface area contributed by atoms with E-state index in [-0.39, 0.29) is 30.0 Å². The molecule has 1 rings (SSSR count). The molecule has 0 amide bonds. The first-order valence-electron chi connectivity index (χ1n) is 7.93. The number of nitrogens with one attached hydrogen (secondary N) is 1. The molecule has 5 atom stereocenters. The van der Waals surface area contributed by atoms with E-state index >= 15 is 0 Å². The molecule has 2 unspecified atom stereocenters. The van der Waals surface area contributed by atoms with Crippen LogP contribution in [0.25, 0.3) is 0 Å². The maximum absolute atomic E-state index is 10.5. The zero-order valence-corrected chi connectivity index (χ0v) is 15.9. The summed E-state index contributed by atoms with van der Waals surface area (Å²) in [6.07, 6.45) is -2.32. The molecule has 1 heterocycles. The summed E-state index contributed by atoms with van der Waals surface area (Å²) in [7, 11) is 6.06. The van der Waals surface area contributed by atoms with Crippen LogP contribution in [0.5, 0.6) is 0 Å². The van der Waals surface area contributed by atoms with Crippen LogP contribution >= 0.6 is 6.42 Å². The van der Waals surface area contributed by atoms with Gasteiger partial charge in [0.2, 0.25) is 0 Å². The molecule has 1 aliphatic rings. The summed E-state index contributed by atoms with van der Waals surface area (Å²) >= 11 is 5.36. The van der Waals surface area contributed by atoms with E-state index in [1.807, 2.05) is 34.6 Å². The van der Waals surface area contributed by atoms with Crippen LogP contribution in [0.1, 0.15) is 41.0 Å². The molecular formula is C14H29BNO4PS. The van der Waals surface area contributed by atoms with Gasteiger partial charge in [-0.3, -0.25) is 5.09 Å². The number of rotatable bonds is 9. The normalized spacial score (nSPS) is 31.8. The molecule has 2 N–H and O–H groups in total. The van der Waals surface area contributed by atoms with Crippen LogP contribution < -0.4 is 5.09 Å². The van der Waals surface area contributed by atoms with Gasteiger partial charge in [0, 0.05) is 18.3 Å². The third-order valence-electron chi connectivity index (χ3n) is 3.55. The molecule has 128 valence electrons. The van der Waals surface area contributed by atoms with Crippen molar-refractivity contribution >= 4 is 26.1 Å². The van der Waals surface area contributed by atoms with Crippen molar-refractivity contribution in [1.82, 2.24) is 5.09 Å². The molecule has 0 aromatic rings. The van der Waals surface area contributed by atoms with Crippen molar-refractivity contribution in [1.29, 1.82) is 0 Å². The molecule has 1 saturated heterocycles. The van der Waals surface area contributed by atoms with Crippen molar-refractivity contribution in [2.45, 2.75) is 77.1 Å². The fourth-order valence-electron chi connectivity index (χ4n) is 2.18. The lowest BCUT2D eigenvalue weighted by atomic mass is 9.92. The molecule has 0 saturated carbocycles. The largest absolute Gasteiger partial charge is 0.378 e. The molecule has 5 nitrogen and oxygen atoms in total. The van der Waals surface area contributed by atoms with Crippen LogP contribution in [0.4, 0.5) is 0 Å². The Labute approximate surface area is 141 Å². The summed E-state index contributed by atoms with van der Waals surface area (Å²) in [6.45, 7) is 10.8. The lowest BCUT2D eigenvalue weighted by molar-refractivity contribution is -0.0246. The van der Waals surface area contributed by atoms with Crippen LogP contribution in [-0.2, 0) is 26.0 Å². The van der Waals surface area contributed by atoms with Crippen molar-refractivity contribution < 1.29 is 19.1 Å². The number of hydrogen-bond donors (Lipinski definition) is 2. The summed E-state index contributed by atoms with van der Waals surface area (Å²) in [6, 6.07) is -0.814. The first-order chi connectivity index (χ1) is 10.2. The highest BCUT2D eigenvalue weighted by atomic mass is 32.4. The third kappa shape index (κ3) is 5.86. The van der Waals surface area contributed by atoms with Gasteiger partial charge in [-0.15, -0.1) is 0 Å². The van der Waals surface area contributed by atoms with Crippen molar-refractivity contribution in [2.75, 3.05) is 13.2 Å². The minimum Gasteiger partial charge on any atom is -0.378 e. The summed E-state index contributed by atoms with van der Waals surface area (Å²) in [5.41, 5.74) is -0.0298. The van der Waals surface area contributed by atoms with Crippen molar-refractivity contribution in [3.63, 3.8) is 0 Å².